The van der Waals surface area contributed by atoms with Gasteiger partial charge in [-0.2, -0.15) is 5.10 Å². The summed E-state index contributed by atoms with van der Waals surface area (Å²) in [5.41, 5.74) is 3.31. The molecule has 1 aromatic carbocycles. The maximum atomic E-state index is 13.1. The molecule has 1 aliphatic carbocycles. The Balaban J connectivity index is 1.65. The molecule has 1 fully saturated rings. The monoisotopic (exact) mass is 394 g/mol. The molecule has 0 unspecified atom stereocenters. The van der Waals surface area contributed by atoms with Crippen molar-refractivity contribution in [3.05, 3.63) is 47.3 Å². The van der Waals surface area contributed by atoms with E-state index in [2.05, 4.69) is 10.4 Å². The van der Waals surface area contributed by atoms with Gasteiger partial charge in [-0.15, -0.1) is 0 Å². The van der Waals surface area contributed by atoms with Crippen molar-refractivity contribution in [1.82, 2.24) is 20.0 Å². The number of amides is 3. The first kappa shape index (κ1) is 19.4. The van der Waals surface area contributed by atoms with E-state index in [1.807, 2.05) is 35.0 Å². The summed E-state index contributed by atoms with van der Waals surface area (Å²) >= 11 is 0. The Hall–Kier alpha value is -2.96. The maximum Gasteiger partial charge on any atom is 0.272 e. The van der Waals surface area contributed by atoms with Crippen LogP contribution in [0.5, 0.6) is 0 Å². The minimum Gasteiger partial charge on any atom is -0.338 e. The van der Waals surface area contributed by atoms with Crippen molar-refractivity contribution in [3.63, 3.8) is 0 Å². The number of likely N-dealkylation sites (tertiary alicyclic amines) is 1. The number of hydrogen-bond donors (Lipinski definition) is 1. The Morgan fingerprint density at radius 1 is 1.10 bits per heavy atom. The van der Waals surface area contributed by atoms with Gasteiger partial charge in [-0.3, -0.25) is 19.3 Å². The van der Waals surface area contributed by atoms with Crippen LogP contribution in [0.2, 0.25) is 0 Å². The van der Waals surface area contributed by atoms with Gasteiger partial charge in [0, 0.05) is 17.3 Å². The lowest BCUT2D eigenvalue weighted by Crippen LogP contribution is -2.44. The highest BCUT2D eigenvalue weighted by atomic mass is 16.2. The molecule has 2 aliphatic rings. The number of carbonyl (C=O) groups excluding carboxylic acids is 3. The summed E-state index contributed by atoms with van der Waals surface area (Å²) in [6.45, 7) is 3.59. The first-order valence-corrected chi connectivity index (χ1v) is 10.3. The number of imide groups is 1. The first-order valence-electron chi connectivity index (χ1n) is 10.3. The van der Waals surface area contributed by atoms with Gasteiger partial charge < -0.3 is 5.32 Å². The minimum absolute atomic E-state index is 0.00430. The van der Waals surface area contributed by atoms with E-state index in [9.17, 15) is 14.4 Å². The summed E-state index contributed by atoms with van der Waals surface area (Å²) in [6.07, 6.45) is 4.85. The molecule has 1 aromatic heterocycles. The highest BCUT2D eigenvalue weighted by molar-refractivity contribution is 6.08. The van der Waals surface area contributed by atoms with Gasteiger partial charge in [0.25, 0.3) is 11.8 Å². The summed E-state index contributed by atoms with van der Waals surface area (Å²) in [5, 5.41) is 7.41. The molecule has 1 atom stereocenters. The lowest BCUT2D eigenvalue weighted by atomic mass is 10.1. The third-order valence-electron chi connectivity index (χ3n) is 5.65. The molecule has 2 aromatic rings. The number of rotatable bonds is 4. The molecule has 7 heteroatoms. The van der Waals surface area contributed by atoms with Gasteiger partial charge in [0.05, 0.1) is 12.1 Å². The molecule has 1 N–H and O–H groups in total. The van der Waals surface area contributed by atoms with Gasteiger partial charge in [-0.25, -0.2) is 4.68 Å². The van der Waals surface area contributed by atoms with Gasteiger partial charge in [0.2, 0.25) is 5.91 Å². The van der Waals surface area contributed by atoms with E-state index in [1.165, 1.54) is 4.90 Å². The molecule has 1 aliphatic heterocycles. The summed E-state index contributed by atoms with van der Waals surface area (Å²) in [5.74, 6) is -0.967. The van der Waals surface area contributed by atoms with Crippen LogP contribution < -0.4 is 5.32 Å². The van der Waals surface area contributed by atoms with Crippen LogP contribution >= 0.6 is 0 Å². The van der Waals surface area contributed by atoms with E-state index in [0.717, 1.165) is 49.0 Å². The van der Waals surface area contributed by atoms with Crippen LogP contribution in [-0.2, 0) is 22.4 Å². The van der Waals surface area contributed by atoms with Gasteiger partial charge in [-0.1, -0.05) is 24.6 Å². The molecular formula is C22H26N4O3. The fourth-order valence-electron chi connectivity index (χ4n) is 4.27. The molecular weight excluding hydrogens is 368 g/mol. The number of benzene rings is 1. The highest BCUT2D eigenvalue weighted by Crippen LogP contribution is 2.27. The fourth-order valence-corrected chi connectivity index (χ4v) is 4.27. The van der Waals surface area contributed by atoms with E-state index >= 15 is 0 Å². The Morgan fingerprint density at radius 3 is 2.52 bits per heavy atom. The smallest absolute Gasteiger partial charge is 0.272 e. The lowest BCUT2D eigenvalue weighted by molar-refractivity contribution is -0.140. The van der Waals surface area contributed by atoms with Crippen molar-refractivity contribution in [2.45, 2.75) is 64.5 Å². The summed E-state index contributed by atoms with van der Waals surface area (Å²) in [6, 6.07) is 8.75. The van der Waals surface area contributed by atoms with E-state index in [4.69, 9.17) is 0 Å². The van der Waals surface area contributed by atoms with Crippen molar-refractivity contribution >= 4 is 17.7 Å². The van der Waals surface area contributed by atoms with Gasteiger partial charge in [-0.05, 0) is 51.7 Å². The quantitative estimate of drug-likeness (QED) is 0.638. The molecule has 0 radical (unpaired) electrons. The molecule has 1 saturated heterocycles. The van der Waals surface area contributed by atoms with E-state index < -0.39 is 6.04 Å². The van der Waals surface area contributed by atoms with Crippen molar-refractivity contribution in [2.75, 3.05) is 0 Å². The van der Waals surface area contributed by atoms with Crippen LogP contribution in [0.1, 0.15) is 61.3 Å². The minimum atomic E-state index is -0.819. The van der Waals surface area contributed by atoms with Crippen LogP contribution in [0.25, 0.3) is 5.69 Å². The molecule has 29 heavy (non-hydrogen) atoms. The molecule has 152 valence electrons. The van der Waals surface area contributed by atoms with Crippen molar-refractivity contribution in [3.8, 4) is 5.69 Å². The number of carbonyl (C=O) groups is 3. The predicted molar refractivity (Wildman–Crippen MR) is 108 cm³/mol. The third-order valence-corrected chi connectivity index (χ3v) is 5.65. The van der Waals surface area contributed by atoms with Gasteiger partial charge in [0.15, 0.2) is 5.69 Å². The van der Waals surface area contributed by atoms with Gasteiger partial charge in [0.1, 0.15) is 6.04 Å². The Morgan fingerprint density at radius 2 is 1.83 bits per heavy atom. The highest BCUT2D eigenvalue weighted by Gasteiger charge is 2.41. The standard InChI is InChI=1S/C22H26N4O3/c1-14(2)25-19(27)13-17(22(25)29)23-21(28)20-16-11-7-4-8-12-18(16)26(24-20)15-9-5-3-6-10-15/h3,5-6,9-10,14,17H,4,7-8,11-13H2,1-2H3,(H,23,28)/t17-/m0/s1. The predicted octanol–water partition coefficient (Wildman–Crippen LogP) is 2.41. The number of aromatic nitrogens is 2. The van der Waals surface area contributed by atoms with Crippen LogP contribution in [0.4, 0.5) is 0 Å². The summed E-state index contributed by atoms with van der Waals surface area (Å²) in [4.78, 5) is 39.0. The maximum absolute atomic E-state index is 13.1. The van der Waals surface area contributed by atoms with Crippen molar-refractivity contribution in [1.29, 1.82) is 0 Å². The van der Waals surface area contributed by atoms with Crippen molar-refractivity contribution < 1.29 is 14.4 Å². The first-order chi connectivity index (χ1) is 14.0. The number of nitrogens with one attached hydrogen (secondary N) is 1. The van der Waals surface area contributed by atoms with Crippen LogP contribution in [0.15, 0.2) is 30.3 Å². The zero-order valence-electron chi connectivity index (χ0n) is 16.9. The van der Waals surface area contributed by atoms with Crippen LogP contribution in [0.3, 0.4) is 0 Å². The molecule has 0 saturated carbocycles. The summed E-state index contributed by atoms with van der Waals surface area (Å²) < 4.78 is 1.86. The zero-order chi connectivity index (χ0) is 20.5. The molecule has 7 nitrogen and oxygen atoms in total. The number of hydrogen-bond acceptors (Lipinski definition) is 4. The SMILES string of the molecule is CC(C)N1C(=O)C[C@H](NC(=O)c2nn(-c3ccccc3)c3c2CCCCC3)C1=O. The Kier molecular flexibility index (Phi) is 5.22. The average molecular weight is 394 g/mol. The van der Waals surface area contributed by atoms with E-state index in [1.54, 1.807) is 13.8 Å². The normalized spacial score (nSPS) is 19.4. The van der Waals surface area contributed by atoms with Crippen molar-refractivity contribution in [2.24, 2.45) is 0 Å². The largest absolute Gasteiger partial charge is 0.338 e. The second-order valence-electron chi connectivity index (χ2n) is 8.01. The molecule has 3 amide bonds. The zero-order valence-corrected chi connectivity index (χ0v) is 16.9. The number of nitrogens with zero attached hydrogens (tertiary/aromatic N) is 3. The van der Waals surface area contributed by atoms with Gasteiger partial charge >= 0.3 is 0 Å². The summed E-state index contributed by atoms with van der Waals surface area (Å²) in [7, 11) is 0. The second-order valence-corrected chi connectivity index (χ2v) is 8.01. The van der Waals surface area contributed by atoms with E-state index in [0.29, 0.717) is 5.69 Å². The molecule has 2 heterocycles. The second kappa shape index (κ2) is 7.81. The number of para-hydroxylation sites is 1. The molecule has 0 spiro atoms. The number of fused-ring (bicyclic) bond motifs is 1. The Labute approximate surface area is 170 Å². The molecule has 0 bridgehead atoms. The van der Waals surface area contributed by atoms with Crippen LogP contribution in [-0.4, -0.2) is 44.5 Å². The molecule has 4 rings (SSSR count). The topological polar surface area (TPSA) is 84.3 Å². The third kappa shape index (κ3) is 3.57. The van der Waals surface area contributed by atoms with Crippen LogP contribution in [0, 0.1) is 0 Å². The fraction of sp³-hybridized carbons (Fsp3) is 0.455. The Bertz CT molecular complexity index is 948. The van der Waals surface area contributed by atoms with E-state index in [-0.39, 0.29) is 30.2 Å². The lowest BCUT2D eigenvalue weighted by Gasteiger charge is -2.19. The average Bonchev–Trinajstić information content (AvgIpc) is 3.08.